The molecule has 0 saturated carbocycles. The lowest BCUT2D eigenvalue weighted by molar-refractivity contribution is 0.182. The third-order valence-electron chi connectivity index (χ3n) is 4.51. The van der Waals surface area contributed by atoms with Gasteiger partial charge < -0.3 is 14.6 Å². The number of rotatable bonds is 5. The van der Waals surface area contributed by atoms with Gasteiger partial charge in [-0.15, -0.1) is 0 Å². The quantitative estimate of drug-likeness (QED) is 0.753. The highest BCUT2D eigenvalue weighted by Gasteiger charge is 2.43. The van der Waals surface area contributed by atoms with Crippen molar-refractivity contribution in [1.29, 1.82) is 0 Å². The lowest BCUT2D eigenvalue weighted by atomic mass is 9.79. The Balaban J connectivity index is 1.67. The van der Waals surface area contributed by atoms with Gasteiger partial charge in [0.05, 0.1) is 17.6 Å². The van der Waals surface area contributed by atoms with E-state index in [4.69, 9.17) is 9.26 Å². The smallest absolute Gasteiger partial charge is 0.261 e. The molecule has 1 aliphatic rings. The zero-order chi connectivity index (χ0) is 18.0. The van der Waals surface area contributed by atoms with Gasteiger partial charge in [0.2, 0.25) is 5.95 Å². The van der Waals surface area contributed by atoms with Crippen molar-refractivity contribution in [1.82, 2.24) is 20.1 Å². The Morgan fingerprint density at radius 3 is 2.62 bits per heavy atom. The van der Waals surface area contributed by atoms with Crippen LogP contribution in [0, 0.1) is 5.82 Å². The zero-order valence-electron chi connectivity index (χ0n) is 14.3. The fourth-order valence-corrected chi connectivity index (χ4v) is 3.09. The van der Waals surface area contributed by atoms with Crippen LogP contribution in [0.3, 0.4) is 0 Å². The fourth-order valence-electron chi connectivity index (χ4n) is 3.09. The second kappa shape index (κ2) is 6.80. The molecule has 1 aliphatic heterocycles. The van der Waals surface area contributed by atoms with Crippen molar-refractivity contribution >= 4 is 5.95 Å². The van der Waals surface area contributed by atoms with E-state index < -0.39 is 5.41 Å². The Bertz CT molecular complexity index is 873. The summed E-state index contributed by atoms with van der Waals surface area (Å²) >= 11 is 0. The molecule has 8 heteroatoms. The predicted octanol–water partition coefficient (Wildman–Crippen LogP) is 2.80. The third-order valence-corrected chi connectivity index (χ3v) is 4.51. The van der Waals surface area contributed by atoms with Crippen LogP contribution in [0.15, 0.2) is 41.2 Å². The summed E-state index contributed by atoms with van der Waals surface area (Å²) in [7, 11) is 0. The van der Waals surface area contributed by atoms with Gasteiger partial charge in [-0.25, -0.2) is 14.4 Å². The molecule has 0 spiro atoms. The van der Waals surface area contributed by atoms with Gasteiger partial charge in [0.1, 0.15) is 5.82 Å². The molecule has 4 rings (SSSR count). The molecule has 1 unspecified atom stereocenters. The monoisotopic (exact) mass is 355 g/mol. The summed E-state index contributed by atoms with van der Waals surface area (Å²) in [5, 5.41) is 7.21. The first-order valence-corrected chi connectivity index (χ1v) is 8.45. The first-order valence-electron chi connectivity index (χ1n) is 8.45. The summed E-state index contributed by atoms with van der Waals surface area (Å²) in [5.74, 6) is 1.13. The van der Waals surface area contributed by atoms with Crippen molar-refractivity contribution in [2.24, 2.45) is 0 Å². The van der Waals surface area contributed by atoms with E-state index in [-0.39, 0.29) is 5.82 Å². The number of hydrogen-bond donors (Lipinski definition) is 1. The summed E-state index contributed by atoms with van der Waals surface area (Å²) in [4.78, 5) is 13.0. The number of ether oxygens (including phenoxy) is 1. The normalized spacial score (nSPS) is 19.6. The SMILES string of the molecule is CCNc1ncc(-c2nc(C3(c4ccc(F)cc4)CCOC3)no2)cn1. The fraction of sp³-hybridized carbons (Fsp3) is 0.333. The molecule has 0 aliphatic carbocycles. The van der Waals surface area contributed by atoms with Gasteiger partial charge in [-0.1, -0.05) is 17.3 Å². The Kier molecular flexibility index (Phi) is 4.34. The molecule has 1 atom stereocenters. The zero-order valence-corrected chi connectivity index (χ0v) is 14.3. The molecule has 0 bridgehead atoms. The lowest BCUT2D eigenvalue weighted by Gasteiger charge is -2.23. The molecule has 3 heterocycles. The minimum Gasteiger partial charge on any atom is -0.380 e. The van der Waals surface area contributed by atoms with Crippen LogP contribution in [-0.2, 0) is 10.2 Å². The number of halogens is 1. The molecule has 2 aromatic heterocycles. The molecule has 1 saturated heterocycles. The maximum Gasteiger partial charge on any atom is 0.261 e. The van der Waals surface area contributed by atoms with Crippen LogP contribution >= 0.6 is 0 Å². The van der Waals surface area contributed by atoms with Crippen molar-refractivity contribution in [3.8, 4) is 11.5 Å². The van der Waals surface area contributed by atoms with E-state index in [1.807, 2.05) is 6.92 Å². The van der Waals surface area contributed by atoms with Gasteiger partial charge in [0.15, 0.2) is 5.82 Å². The minimum atomic E-state index is -0.542. The van der Waals surface area contributed by atoms with Gasteiger partial charge in [0, 0.05) is 25.5 Å². The average molecular weight is 355 g/mol. The van der Waals surface area contributed by atoms with E-state index in [1.165, 1.54) is 12.1 Å². The number of benzene rings is 1. The number of anilines is 1. The highest BCUT2D eigenvalue weighted by atomic mass is 19.1. The Morgan fingerprint density at radius 1 is 1.19 bits per heavy atom. The van der Waals surface area contributed by atoms with E-state index in [1.54, 1.807) is 24.5 Å². The summed E-state index contributed by atoms with van der Waals surface area (Å²) in [6, 6.07) is 6.36. The molecule has 0 radical (unpaired) electrons. The Hall–Kier alpha value is -2.87. The van der Waals surface area contributed by atoms with Crippen molar-refractivity contribution in [3.63, 3.8) is 0 Å². The van der Waals surface area contributed by atoms with Crippen LogP contribution in [0.2, 0.25) is 0 Å². The summed E-state index contributed by atoms with van der Waals surface area (Å²) < 4.78 is 24.4. The van der Waals surface area contributed by atoms with E-state index in [9.17, 15) is 4.39 Å². The highest BCUT2D eigenvalue weighted by molar-refractivity contribution is 5.51. The van der Waals surface area contributed by atoms with Gasteiger partial charge in [-0.2, -0.15) is 4.98 Å². The largest absolute Gasteiger partial charge is 0.380 e. The molecular weight excluding hydrogens is 337 g/mol. The second-order valence-electron chi connectivity index (χ2n) is 6.14. The van der Waals surface area contributed by atoms with E-state index in [2.05, 4.69) is 25.4 Å². The first kappa shape index (κ1) is 16.6. The van der Waals surface area contributed by atoms with Gasteiger partial charge >= 0.3 is 0 Å². The highest BCUT2D eigenvalue weighted by Crippen LogP contribution is 2.39. The van der Waals surface area contributed by atoms with Crippen molar-refractivity contribution in [2.45, 2.75) is 18.8 Å². The van der Waals surface area contributed by atoms with Crippen LogP contribution in [0.1, 0.15) is 24.7 Å². The molecule has 26 heavy (non-hydrogen) atoms. The summed E-state index contributed by atoms with van der Waals surface area (Å²) in [6.45, 7) is 3.72. The molecule has 134 valence electrons. The third kappa shape index (κ3) is 2.92. The molecule has 0 amide bonds. The van der Waals surface area contributed by atoms with Crippen LogP contribution in [0.4, 0.5) is 10.3 Å². The molecule has 3 aromatic rings. The first-order chi connectivity index (χ1) is 12.7. The van der Waals surface area contributed by atoms with Crippen LogP contribution < -0.4 is 5.32 Å². The predicted molar refractivity (Wildman–Crippen MR) is 92.1 cm³/mol. The number of aromatic nitrogens is 4. The maximum absolute atomic E-state index is 13.3. The molecule has 7 nitrogen and oxygen atoms in total. The summed E-state index contributed by atoms with van der Waals surface area (Å²) in [6.07, 6.45) is 3.98. The lowest BCUT2D eigenvalue weighted by Crippen LogP contribution is -2.29. The number of nitrogens with zero attached hydrogens (tertiary/aromatic N) is 4. The molecule has 1 aromatic carbocycles. The van der Waals surface area contributed by atoms with Crippen LogP contribution in [-0.4, -0.2) is 39.9 Å². The maximum atomic E-state index is 13.3. The average Bonchev–Trinajstić information content (AvgIpc) is 3.34. The van der Waals surface area contributed by atoms with Crippen LogP contribution in [0.25, 0.3) is 11.5 Å². The van der Waals surface area contributed by atoms with Crippen molar-refractivity contribution in [3.05, 3.63) is 53.9 Å². The standard InChI is InChI=1S/C18H18FN5O2/c1-2-20-17-21-9-12(10-22-17)15-23-16(24-26-15)18(7-8-25-11-18)13-3-5-14(19)6-4-13/h3-6,9-10H,2,7-8,11H2,1H3,(H,20,21,22). The topological polar surface area (TPSA) is 86.0 Å². The molecule has 1 fully saturated rings. The minimum absolute atomic E-state index is 0.283. The van der Waals surface area contributed by atoms with Gasteiger partial charge in [0.25, 0.3) is 5.89 Å². The van der Waals surface area contributed by atoms with E-state index in [0.29, 0.717) is 42.9 Å². The van der Waals surface area contributed by atoms with Crippen molar-refractivity contribution < 1.29 is 13.7 Å². The molecular formula is C18H18FN5O2. The Labute approximate surface area is 149 Å². The number of nitrogens with one attached hydrogen (secondary N) is 1. The van der Waals surface area contributed by atoms with Crippen LogP contribution in [0.5, 0.6) is 0 Å². The number of hydrogen-bond acceptors (Lipinski definition) is 7. The summed E-state index contributed by atoms with van der Waals surface area (Å²) in [5.41, 5.74) is 1.00. The second-order valence-corrected chi connectivity index (χ2v) is 6.14. The van der Waals surface area contributed by atoms with Crippen molar-refractivity contribution in [2.75, 3.05) is 25.1 Å². The van der Waals surface area contributed by atoms with E-state index >= 15 is 0 Å². The Morgan fingerprint density at radius 2 is 1.96 bits per heavy atom. The van der Waals surface area contributed by atoms with Gasteiger partial charge in [-0.05, 0) is 31.0 Å². The van der Waals surface area contributed by atoms with E-state index in [0.717, 1.165) is 12.1 Å². The molecule has 1 N–H and O–H groups in total. The van der Waals surface area contributed by atoms with Gasteiger partial charge in [-0.3, -0.25) is 0 Å².